The van der Waals surface area contributed by atoms with Crippen LogP contribution in [-0.4, -0.2) is 36.0 Å². The molecule has 1 saturated heterocycles. The summed E-state index contributed by atoms with van der Waals surface area (Å²) in [5.74, 6) is -0.252. The van der Waals surface area contributed by atoms with E-state index in [0.29, 0.717) is 19.0 Å². The van der Waals surface area contributed by atoms with Crippen LogP contribution < -0.4 is 11.5 Å². The van der Waals surface area contributed by atoms with Gasteiger partial charge in [0.1, 0.15) is 0 Å². The minimum Gasteiger partial charge on any atom is -0.370 e. The molecule has 2 unspecified atom stereocenters. The zero-order valence-electron chi connectivity index (χ0n) is 8.91. The second-order valence-electron chi connectivity index (χ2n) is 4.14. The first-order valence-electron chi connectivity index (χ1n) is 5.39. The minimum atomic E-state index is -0.252. The van der Waals surface area contributed by atoms with Crippen molar-refractivity contribution in [2.45, 2.75) is 44.7 Å². The molecular formula is C10H21N3O. The number of nitrogens with two attached hydrogens (primary N) is 2. The van der Waals surface area contributed by atoms with Gasteiger partial charge in [-0.3, -0.25) is 9.69 Å². The highest BCUT2D eigenvalue weighted by Gasteiger charge is 2.25. The largest absolute Gasteiger partial charge is 0.370 e. The molecule has 82 valence electrons. The van der Waals surface area contributed by atoms with Crippen molar-refractivity contribution in [3.8, 4) is 0 Å². The molecule has 0 saturated carbocycles. The summed E-state index contributed by atoms with van der Waals surface area (Å²) in [5, 5.41) is 0. The van der Waals surface area contributed by atoms with Gasteiger partial charge in [0, 0.05) is 25.0 Å². The molecule has 0 aromatic heterocycles. The zero-order valence-corrected chi connectivity index (χ0v) is 8.91. The lowest BCUT2D eigenvalue weighted by atomic mass is 9.99. The fourth-order valence-electron chi connectivity index (χ4n) is 2.23. The van der Waals surface area contributed by atoms with Crippen LogP contribution in [0.25, 0.3) is 0 Å². The predicted octanol–water partition coefficient (Wildman–Crippen LogP) is 0.0635. The molecule has 4 heteroatoms. The average Bonchev–Trinajstić information content (AvgIpc) is 2.15. The Morgan fingerprint density at radius 2 is 2.29 bits per heavy atom. The molecule has 0 aliphatic carbocycles. The number of rotatable bonds is 4. The molecule has 0 aromatic rings. The third-order valence-electron chi connectivity index (χ3n) is 3.03. The van der Waals surface area contributed by atoms with Crippen molar-refractivity contribution in [2.75, 3.05) is 13.1 Å². The molecule has 0 aromatic carbocycles. The van der Waals surface area contributed by atoms with E-state index in [1.807, 2.05) is 0 Å². The van der Waals surface area contributed by atoms with Gasteiger partial charge in [0.2, 0.25) is 5.91 Å². The number of piperidine rings is 1. The van der Waals surface area contributed by atoms with Gasteiger partial charge in [-0.25, -0.2) is 0 Å². The number of amides is 1. The van der Waals surface area contributed by atoms with Gasteiger partial charge < -0.3 is 11.5 Å². The number of nitrogens with zero attached hydrogens (tertiary/aromatic N) is 1. The van der Waals surface area contributed by atoms with Gasteiger partial charge in [-0.15, -0.1) is 0 Å². The first kappa shape index (κ1) is 11.5. The van der Waals surface area contributed by atoms with E-state index in [9.17, 15) is 4.79 Å². The Morgan fingerprint density at radius 3 is 2.79 bits per heavy atom. The average molecular weight is 199 g/mol. The van der Waals surface area contributed by atoms with Gasteiger partial charge in [0.05, 0.1) is 0 Å². The summed E-state index contributed by atoms with van der Waals surface area (Å²) in [6.07, 6.45) is 4.08. The van der Waals surface area contributed by atoms with Crippen LogP contribution >= 0.6 is 0 Å². The van der Waals surface area contributed by atoms with Crippen molar-refractivity contribution >= 4 is 5.91 Å². The molecule has 0 bridgehead atoms. The summed E-state index contributed by atoms with van der Waals surface area (Å²) < 4.78 is 0. The third kappa shape index (κ3) is 2.96. The Hall–Kier alpha value is -0.610. The van der Waals surface area contributed by atoms with Crippen molar-refractivity contribution in [3.05, 3.63) is 0 Å². The van der Waals surface area contributed by atoms with Crippen LogP contribution in [-0.2, 0) is 4.79 Å². The first-order valence-corrected chi connectivity index (χ1v) is 5.39. The Bertz CT molecular complexity index is 196. The van der Waals surface area contributed by atoms with Crippen molar-refractivity contribution < 1.29 is 4.79 Å². The molecule has 2 atom stereocenters. The highest BCUT2D eigenvalue weighted by Crippen LogP contribution is 2.19. The SMILES string of the molecule is CC1CCCCN1C(CN)CC(N)=O. The quantitative estimate of drug-likeness (QED) is 0.672. The molecule has 4 nitrogen and oxygen atoms in total. The summed E-state index contributed by atoms with van der Waals surface area (Å²) in [5.41, 5.74) is 10.9. The van der Waals surface area contributed by atoms with Crippen LogP contribution in [0.1, 0.15) is 32.6 Å². The van der Waals surface area contributed by atoms with E-state index in [1.165, 1.54) is 19.3 Å². The topological polar surface area (TPSA) is 72.3 Å². The lowest BCUT2D eigenvalue weighted by Crippen LogP contribution is -2.49. The number of carbonyl (C=O) groups is 1. The van der Waals surface area contributed by atoms with E-state index in [2.05, 4.69) is 11.8 Å². The summed E-state index contributed by atoms with van der Waals surface area (Å²) in [6, 6.07) is 0.680. The Morgan fingerprint density at radius 1 is 1.57 bits per heavy atom. The molecule has 1 fully saturated rings. The van der Waals surface area contributed by atoms with Crippen molar-refractivity contribution in [1.29, 1.82) is 0 Å². The normalized spacial score (nSPS) is 26.0. The maximum Gasteiger partial charge on any atom is 0.219 e. The smallest absolute Gasteiger partial charge is 0.219 e. The highest BCUT2D eigenvalue weighted by molar-refractivity contribution is 5.74. The maximum absolute atomic E-state index is 10.9. The summed E-state index contributed by atoms with van der Waals surface area (Å²) in [4.78, 5) is 13.2. The number of hydrogen-bond donors (Lipinski definition) is 2. The Balaban J connectivity index is 2.52. The molecule has 0 spiro atoms. The van der Waals surface area contributed by atoms with Gasteiger partial charge in [-0.05, 0) is 26.3 Å². The summed E-state index contributed by atoms with van der Waals surface area (Å²) in [7, 11) is 0. The minimum absolute atomic E-state index is 0.141. The van der Waals surface area contributed by atoms with Crippen LogP contribution in [0.5, 0.6) is 0 Å². The van der Waals surface area contributed by atoms with E-state index in [-0.39, 0.29) is 11.9 Å². The predicted molar refractivity (Wildman–Crippen MR) is 56.7 cm³/mol. The molecule has 1 aliphatic rings. The van der Waals surface area contributed by atoms with Crippen LogP contribution in [0.2, 0.25) is 0 Å². The van der Waals surface area contributed by atoms with Crippen LogP contribution in [0.4, 0.5) is 0 Å². The molecule has 4 N–H and O–H groups in total. The summed E-state index contributed by atoms with van der Waals surface area (Å²) >= 11 is 0. The standard InChI is InChI=1S/C10H21N3O/c1-8-4-2-3-5-13(8)9(7-11)6-10(12)14/h8-9H,2-7,11H2,1H3,(H2,12,14). The number of hydrogen-bond acceptors (Lipinski definition) is 3. The Labute approximate surface area is 85.6 Å². The van der Waals surface area contributed by atoms with E-state index < -0.39 is 0 Å². The van der Waals surface area contributed by atoms with Gasteiger partial charge in [0.15, 0.2) is 0 Å². The molecule has 0 radical (unpaired) electrons. The number of likely N-dealkylation sites (tertiary alicyclic amines) is 1. The molecule has 1 heterocycles. The van der Waals surface area contributed by atoms with E-state index >= 15 is 0 Å². The van der Waals surface area contributed by atoms with Crippen LogP contribution in [0.15, 0.2) is 0 Å². The lowest BCUT2D eigenvalue weighted by molar-refractivity contribution is -0.119. The van der Waals surface area contributed by atoms with Crippen molar-refractivity contribution in [2.24, 2.45) is 11.5 Å². The first-order chi connectivity index (χ1) is 6.65. The maximum atomic E-state index is 10.9. The second-order valence-corrected chi connectivity index (χ2v) is 4.14. The summed E-state index contributed by atoms with van der Waals surface area (Å²) in [6.45, 7) is 3.77. The zero-order chi connectivity index (χ0) is 10.6. The molecule has 14 heavy (non-hydrogen) atoms. The molecule has 1 amide bonds. The fraction of sp³-hybridized carbons (Fsp3) is 0.900. The molecule has 1 rings (SSSR count). The monoisotopic (exact) mass is 199 g/mol. The second kappa shape index (κ2) is 5.32. The molecule has 1 aliphatic heterocycles. The van der Waals surface area contributed by atoms with Gasteiger partial charge >= 0.3 is 0 Å². The van der Waals surface area contributed by atoms with Gasteiger partial charge in [0.25, 0.3) is 0 Å². The van der Waals surface area contributed by atoms with E-state index in [0.717, 1.165) is 6.54 Å². The lowest BCUT2D eigenvalue weighted by Gasteiger charge is -2.38. The van der Waals surface area contributed by atoms with E-state index in [1.54, 1.807) is 0 Å². The van der Waals surface area contributed by atoms with E-state index in [4.69, 9.17) is 11.5 Å². The fourth-order valence-corrected chi connectivity index (χ4v) is 2.23. The number of carbonyl (C=O) groups excluding carboxylic acids is 1. The van der Waals surface area contributed by atoms with Crippen molar-refractivity contribution in [1.82, 2.24) is 4.90 Å². The van der Waals surface area contributed by atoms with Crippen LogP contribution in [0.3, 0.4) is 0 Å². The Kier molecular flexibility index (Phi) is 4.35. The van der Waals surface area contributed by atoms with Gasteiger partial charge in [-0.1, -0.05) is 6.42 Å². The number of primary amides is 1. The van der Waals surface area contributed by atoms with Crippen molar-refractivity contribution in [3.63, 3.8) is 0 Å². The van der Waals surface area contributed by atoms with Crippen LogP contribution in [0, 0.1) is 0 Å². The highest BCUT2D eigenvalue weighted by atomic mass is 16.1. The third-order valence-corrected chi connectivity index (χ3v) is 3.03. The van der Waals surface area contributed by atoms with Gasteiger partial charge in [-0.2, -0.15) is 0 Å². The molecular weight excluding hydrogens is 178 g/mol.